The first-order valence-electron chi connectivity index (χ1n) is 10.6. The molecule has 3 saturated heterocycles. The fourth-order valence-electron chi connectivity index (χ4n) is 4.57. The summed E-state index contributed by atoms with van der Waals surface area (Å²) in [5, 5.41) is 9.83. The lowest BCUT2D eigenvalue weighted by atomic mass is 9.96. The minimum absolute atomic E-state index is 0.0356. The van der Waals surface area contributed by atoms with Gasteiger partial charge in [-0.25, -0.2) is 4.98 Å². The highest BCUT2D eigenvalue weighted by atomic mass is 16.3. The van der Waals surface area contributed by atoms with E-state index in [1.807, 2.05) is 21.9 Å². The van der Waals surface area contributed by atoms with Crippen LogP contribution in [0.4, 0.5) is 5.82 Å². The Morgan fingerprint density at radius 3 is 2.57 bits per heavy atom. The van der Waals surface area contributed by atoms with Crippen molar-refractivity contribution in [3.8, 4) is 0 Å². The van der Waals surface area contributed by atoms with E-state index in [0.29, 0.717) is 24.4 Å². The number of rotatable bonds is 4. The van der Waals surface area contributed by atoms with E-state index in [-0.39, 0.29) is 17.9 Å². The van der Waals surface area contributed by atoms with Crippen LogP contribution in [-0.2, 0) is 4.79 Å². The van der Waals surface area contributed by atoms with Crippen LogP contribution in [0.5, 0.6) is 0 Å². The van der Waals surface area contributed by atoms with E-state index in [0.717, 1.165) is 70.6 Å². The van der Waals surface area contributed by atoms with Gasteiger partial charge in [-0.1, -0.05) is 0 Å². The van der Waals surface area contributed by atoms with Gasteiger partial charge < -0.3 is 19.8 Å². The SMILES string of the molecule is O=C1CCCN1CC1CCN(C(=O)c2ccc(N3CCC[C@@H](O)C3)nc2)CC1. The van der Waals surface area contributed by atoms with Gasteiger partial charge in [0.25, 0.3) is 5.91 Å². The highest BCUT2D eigenvalue weighted by Crippen LogP contribution is 2.23. The summed E-state index contributed by atoms with van der Waals surface area (Å²) in [5.41, 5.74) is 0.620. The molecule has 7 nitrogen and oxygen atoms in total. The molecule has 3 fully saturated rings. The molecule has 28 heavy (non-hydrogen) atoms. The topological polar surface area (TPSA) is 77.0 Å². The Balaban J connectivity index is 1.29. The van der Waals surface area contributed by atoms with Crippen LogP contribution in [-0.4, -0.2) is 77.1 Å². The number of hydrogen-bond acceptors (Lipinski definition) is 5. The molecule has 1 atom stereocenters. The summed E-state index contributed by atoms with van der Waals surface area (Å²) >= 11 is 0. The molecule has 152 valence electrons. The quantitative estimate of drug-likeness (QED) is 0.849. The summed E-state index contributed by atoms with van der Waals surface area (Å²) in [7, 11) is 0. The first-order chi connectivity index (χ1) is 13.6. The number of nitrogens with zero attached hydrogens (tertiary/aromatic N) is 4. The van der Waals surface area contributed by atoms with E-state index in [1.54, 1.807) is 6.20 Å². The molecule has 0 radical (unpaired) electrons. The summed E-state index contributed by atoms with van der Waals surface area (Å²) in [6.07, 6.45) is 6.74. The average molecular weight is 386 g/mol. The molecule has 0 aliphatic carbocycles. The van der Waals surface area contributed by atoms with Crippen LogP contribution < -0.4 is 4.90 Å². The van der Waals surface area contributed by atoms with E-state index >= 15 is 0 Å². The van der Waals surface area contributed by atoms with Gasteiger partial charge in [-0.2, -0.15) is 0 Å². The van der Waals surface area contributed by atoms with Crippen molar-refractivity contribution in [2.75, 3.05) is 44.2 Å². The Morgan fingerprint density at radius 2 is 1.93 bits per heavy atom. The monoisotopic (exact) mass is 386 g/mol. The predicted octanol–water partition coefficient (Wildman–Crippen LogP) is 1.52. The fourth-order valence-corrected chi connectivity index (χ4v) is 4.57. The number of aliphatic hydroxyl groups is 1. The van der Waals surface area contributed by atoms with Crippen LogP contribution in [0.1, 0.15) is 48.9 Å². The first-order valence-corrected chi connectivity index (χ1v) is 10.6. The molecule has 0 saturated carbocycles. The molecule has 0 spiro atoms. The van der Waals surface area contributed by atoms with Gasteiger partial charge in [0, 0.05) is 51.9 Å². The maximum absolute atomic E-state index is 12.8. The standard InChI is InChI=1S/C21H30N4O3/c26-18-3-1-9-24(15-18)19-6-5-17(13-22-19)21(28)23-11-7-16(8-12-23)14-25-10-2-4-20(25)27/h5-6,13,16,18,26H,1-4,7-12,14-15H2/t18-/m1/s1. The summed E-state index contributed by atoms with van der Waals surface area (Å²) < 4.78 is 0. The lowest BCUT2D eigenvalue weighted by Gasteiger charge is -2.34. The molecule has 1 aromatic rings. The summed E-state index contributed by atoms with van der Waals surface area (Å²) in [6, 6.07) is 3.73. The van der Waals surface area contributed by atoms with Crippen LogP contribution in [0.25, 0.3) is 0 Å². The van der Waals surface area contributed by atoms with E-state index in [9.17, 15) is 14.7 Å². The van der Waals surface area contributed by atoms with Gasteiger partial charge in [-0.15, -0.1) is 0 Å². The third kappa shape index (κ3) is 4.29. The first kappa shape index (κ1) is 19.2. The molecule has 1 N–H and O–H groups in total. The van der Waals surface area contributed by atoms with Gasteiger partial charge in [0.1, 0.15) is 5.82 Å². The second-order valence-electron chi connectivity index (χ2n) is 8.33. The number of β-amino-alcohol motifs (C(OH)–C–C–N with tert-alkyl or cyclic N) is 1. The van der Waals surface area contributed by atoms with E-state index in [2.05, 4.69) is 9.88 Å². The molecule has 0 aromatic carbocycles. The molecule has 0 bridgehead atoms. The minimum Gasteiger partial charge on any atom is -0.391 e. The zero-order valence-electron chi connectivity index (χ0n) is 16.4. The number of likely N-dealkylation sites (tertiary alicyclic amines) is 2. The van der Waals surface area contributed by atoms with Crippen molar-refractivity contribution in [1.29, 1.82) is 0 Å². The Bertz CT molecular complexity index is 700. The molecule has 0 unspecified atom stereocenters. The Kier molecular flexibility index (Phi) is 5.80. The van der Waals surface area contributed by atoms with Gasteiger partial charge in [-0.05, 0) is 50.2 Å². The lowest BCUT2D eigenvalue weighted by molar-refractivity contribution is -0.128. The Hall–Kier alpha value is -2.15. The lowest BCUT2D eigenvalue weighted by Crippen LogP contribution is -2.42. The number of carbonyl (C=O) groups is 2. The minimum atomic E-state index is -0.297. The van der Waals surface area contributed by atoms with E-state index in [4.69, 9.17) is 0 Å². The smallest absolute Gasteiger partial charge is 0.255 e. The molecule has 3 aliphatic rings. The maximum atomic E-state index is 12.8. The summed E-state index contributed by atoms with van der Waals surface area (Å²) in [5.74, 6) is 1.64. The van der Waals surface area contributed by atoms with Crippen molar-refractivity contribution in [3.63, 3.8) is 0 Å². The van der Waals surface area contributed by atoms with Crippen molar-refractivity contribution >= 4 is 17.6 Å². The third-order valence-corrected chi connectivity index (χ3v) is 6.27. The molecule has 3 aliphatic heterocycles. The highest BCUT2D eigenvalue weighted by molar-refractivity contribution is 5.94. The number of aliphatic hydroxyl groups excluding tert-OH is 1. The highest BCUT2D eigenvalue weighted by Gasteiger charge is 2.28. The van der Waals surface area contributed by atoms with Gasteiger partial charge >= 0.3 is 0 Å². The van der Waals surface area contributed by atoms with Crippen LogP contribution >= 0.6 is 0 Å². The maximum Gasteiger partial charge on any atom is 0.255 e. The van der Waals surface area contributed by atoms with E-state index < -0.39 is 0 Å². The Labute approximate surface area is 166 Å². The van der Waals surface area contributed by atoms with Crippen LogP contribution in [0.3, 0.4) is 0 Å². The zero-order valence-corrected chi connectivity index (χ0v) is 16.4. The average Bonchev–Trinajstić information content (AvgIpc) is 3.13. The van der Waals surface area contributed by atoms with Crippen molar-refractivity contribution < 1.29 is 14.7 Å². The second kappa shape index (κ2) is 8.47. The Morgan fingerprint density at radius 1 is 1.11 bits per heavy atom. The van der Waals surface area contributed by atoms with Crippen LogP contribution in [0.2, 0.25) is 0 Å². The third-order valence-electron chi connectivity index (χ3n) is 6.27. The summed E-state index contributed by atoms with van der Waals surface area (Å²) in [6.45, 7) is 4.72. The van der Waals surface area contributed by atoms with Crippen molar-refractivity contribution in [3.05, 3.63) is 23.9 Å². The fraction of sp³-hybridized carbons (Fsp3) is 0.667. The zero-order chi connectivity index (χ0) is 19.5. The van der Waals surface area contributed by atoms with Gasteiger partial charge in [0.15, 0.2) is 0 Å². The summed E-state index contributed by atoms with van der Waals surface area (Å²) in [4.78, 5) is 35.1. The number of hydrogen-bond donors (Lipinski definition) is 1. The van der Waals surface area contributed by atoms with Crippen LogP contribution in [0, 0.1) is 5.92 Å². The number of anilines is 1. The molecular weight excluding hydrogens is 356 g/mol. The number of pyridine rings is 1. The normalized spacial score (nSPS) is 24.1. The number of carbonyl (C=O) groups excluding carboxylic acids is 2. The molecule has 7 heteroatoms. The van der Waals surface area contributed by atoms with Crippen molar-refractivity contribution in [2.45, 2.75) is 44.6 Å². The largest absolute Gasteiger partial charge is 0.391 e. The molecule has 1 aromatic heterocycles. The molecule has 4 heterocycles. The number of piperidine rings is 2. The van der Waals surface area contributed by atoms with E-state index in [1.165, 1.54) is 0 Å². The van der Waals surface area contributed by atoms with Gasteiger partial charge in [0.2, 0.25) is 5.91 Å². The second-order valence-corrected chi connectivity index (χ2v) is 8.33. The number of aromatic nitrogens is 1. The molecule has 4 rings (SSSR count). The van der Waals surface area contributed by atoms with Crippen LogP contribution in [0.15, 0.2) is 18.3 Å². The molecule has 2 amide bonds. The predicted molar refractivity (Wildman–Crippen MR) is 106 cm³/mol. The van der Waals surface area contributed by atoms with Crippen molar-refractivity contribution in [2.24, 2.45) is 5.92 Å². The number of amides is 2. The van der Waals surface area contributed by atoms with Crippen molar-refractivity contribution in [1.82, 2.24) is 14.8 Å². The molecular formula is C21H30N4O3. The van der Waals surface area contributed by atoms with Gasteiger partial charge in [0.05, 0.1) is 11.7 Å². The van der Waals surface area contributed by atoms with Gasteiger partial charge in [-0.3, -0.25) is 9.59 Å².